The molecule has 1 fully saturated rings. The van der Waals surface area contributed by atoms with Gasteiger partial charge >= 0.3 is 6.18 Å². The van der Waals surface area contributed by atoms with E-state index < -0.39 is 17.6 Å². The van der Waals surface area contributed by atoms with E-state index in [0.29, 0.717) is 19.5 Å². The van der Waals surface area contributed by atoms with Crippen LogP contribution in [0.3, 0.4) is 0 Å². The van der Waals surface area contributed by atoms with Gasteiger partial charge in [0.2, 0.25) is 0 Å². The van der Waals surface area contributed by atoms with E-state index in [4.69, 9.17) is 5.73 Å². The summed E-state index contributed by atoms with van der Waals surface area (Å²) in [5.41, 5.74) is 2.36. The molecule has 2 N–H and O–H groups in total. The first-order valence-corrected chi connectivity index (χ1v) is 5.88. The molecule has 0 radical (unpaired) electrons. The number of hydrogen-bond donors (Lipinski definition) is 1. The average Bonchev–Trinajstić information content (AvgIpc) is 2.26. The molecule has 1 rings (SSSR count). The van der Waals surface area contributed by atoms with Crippen molar-refractivity contribution in [3.8, 4) is 0 Å². The third kappa shape index (κ3) is 2.95. The van der Waals surface area contributed by atoms with Gasteiger partial charge in [-0.05, 0) is 33.9 Å². The van der Waals surface area contributed by atoms with Crippen LogP contribution in [-0.2, 0) is 4.79 Å². The highest BCUT2D eigenvalue weighted by atomic mass is 19.4. The largest absolute Gasteiger partial charge is 0.415 e. The lowest BCUT2D eigenvalue weighted by Crippen LogP contribution is -2.64. The van der Waals surface area contributed by atoms with Gasteiger partial charge in [-0.15, -0.1) is 0 Å². The molecule has 106 valence electrons. The van der Waals surface area contributed by atoms with Gasteiger partial charge in [-0.1, -0.05) is 0 Å². The molecule has 1 amide bonds. The number of piperidine rings is 1. The van der Waals surface area contributed by atoms with Crippen molar-refractivity contribution in [1.29, 1.82) is 0 Å². The van der Waals surface area contributed by atoms with Crippen molar-refractivity contribution in [2.45, 2.75) is 37.5 Å². The minimum Gasteiger partial charge on any atom is -0.339 e. The first kappa shape index (κ1) is 15.2. The van der Waals surface area contributed by atoms with E-state index in [1.54, 1.807) is 0 Å². The Bertz CT molecular complexity index is 315. The van der Waals surface area contributed by atoms with Gasteiger partial charge in [-0.3, -0.25) is 4.79 Å². The summed E-state index contributed by atoms with van der Waals surface area (Å²) in [5.74, 6) is -1.04. The van der Waals surface area contributed by atoms with E-state index in [1.165, 1.54) is 4.90 Å². The third-order valence-corrected chi connectivity index (χ3v) is 3.45. The molecule has 18 heavy (non-hydrogen) atoms. The van der Waals surface area contributed by atoms with Crippen LogP contribution >= 0.6 is 0 Å². The van der Waals surface area contributed by atoms with Crippen molar-refractivity contribution >= 4 is 5.91 Å². The monoisotopic (exact) mass is 267 g/mol. The molecule has 0 saturated carbocycles. The Hall–Kier alpha value is -0.820. The van der Waals surface area contributed by atoms with Gasteiger partial charge in [-0.2, -0.15) is 13.2 Å². The van der Waals surface area contributed by atoms with Crippen LogP contribution in [0.2, 0.25) is 0 Å². The zero-order chi connectivity index (χ0) is 14.1. The van der Waals surface area contributed by atoms with Crippen molar-refractivity contribution in [2.75, 3.05) is 27.2 Å². The maximum absolute atomic E-state index is 12.7. The average molecular weight is 267 g/mol. The number of hydrogen-bond acceptors (Lipinski definition) is 3. The zero-order valence-corrected chi connectivity index (χ0v) is 10.9. The maximum atomic E-state index is 12.7. The highest BCUT2D eigenvalue weighted by Crippen LogP contribution is 2.30. The Morgan fingerprint density at radius 2 is 1.94 bits per heavy atom. The summed E-state index contributed by atoms with van der Waals surface area (Å²) >= 11 is 0. The van der Waals surface area contributed by atoms with Crippen molar-refractivity contribution in [3.05, 3.63) is 0 Å². The highest BCUT2D eigenvalue weighted by molar-refractivity contribution is 5.86. The van der Waals surface area contributed by atoms with Crippen LogP contribution in [-0.4, -0.2) is 60.6 Å². The molecule has 2 unspecified atom stereocenters. The lowest BCUT2D eigenvalue weighted by atomic mass is 9.97. The minimum atomic E-state index is -4.73. The number of amides is 1. The maximum Gasteiger partial charge on any atom is 0.415 e. The molecule has 2 atom stereocenters. The molecule has 0 bridgehead atoms. The number of likely N-dealkylation sites (N-methyl/N-ethyl adjacent to an activating group) is 1. The first-order valence-electron chi connectivity index (χ1n) is 5.88. The van der Waals surface area contributed by atoms with Crippen LogP contribution in [0.25, 0.3) is 0 Å². The fourth-order valence-electron chi connectivity index (χ4n) is 2.01. The van der Waals surface area contributed by atoms with Crippen LogP contribution < -0.4 is 5.73 Å². The van der Waals surface area contributed by atoms with Gasteiger partial charge in [0.25, 0.3) is 5.91 Å². The molecule has 1 saturated heterocycles. The standard InChI is InChI=1S/C11H20F3N3O/c1-10(15,11(12,13)14)9(18)17-6-4-5-8(7-17)16(2)3/h8H,4-7,15H2,1-3H3. The summed E-state index contributed by atoms with van der Waals surface area (Å²) in [7, 11) is 3.70. The third-order valence-electron chi connectivity index (χ3n) is 3.45. The van der Waals surface area contributed by atoms with E-state index in [1.807, 2.05) is 19.0 Å². The fourth-order valence-corrected chi connectivity index (χ4v) is 2.01. The molecule has 4 nitrogen and oxygen atoms in total. The van der Waals surface area contributed by atoms with Crippen LogP contribution in [0.1, 0.15) is 19.8 Å². The van der Waals surface area contributed by atoms with Crippen LogP contribution in [0.4, 0.5) is 13.2 Å². The number of likely N-dealkylation sites (tertiary alicyclic amines) is 1. The van der Waals surface area contributed by atoms with Gasteiger partial charge in [0, 0.05) is 19.1 Å². The van der Waals surface area contributed by atoms with Crippen LogP contribution in [0.5, 0.6) is 0 Å². The Morgan fingerprint density at radius 1 is 1.39 bits per heavy atom. The van der Waals surface area contributed by atoms with E-state index in [-0.39, 0.29) is 6.04 Å². The first-order chi connectivity index (χ1) is 8.07. The topological polar surface area (TPSA) is 49.6 Å². The molecule has 1 aliphatic heterocycles. The number of nitrogens with zero attached hydrogens (tertiary/aromatic N) is 2. The molecular weight excluding hydrogens is 247 g/mol. The van der Waals surface area contributed by atoms with Gasteiger partial charge in [0.15, 0.2) is 5.54 Å². The molecular formula is C11H20F3N3O. The van der Waals surface area contributed by atoms with Gasteiger partial charge in [0.1, 0.15) is 0 Å². The summed E-state index contributed by atoms with van der Waals surface area (Å²) in [5, 5.41) is 0. The fraction of sp³-hybridized carbons (Fsp3) is 0.909. The summed E-state index contributed by atoms with van der Waals surface area (Å²) in [6.45, 7) is 1.37. The molecule has 0 aromatic carbocycles. The Kier molecular flexibility index (Phi) is 4.27. The van der Waals surface area contributed by atoms with E-state index in [9.17, 15) is 18.0 Å². The lowest BCUT2D eigenvalue weighted by molar-refractivity contribution is -0.194. The number of halogens is 3. The van der Waals surface area contributed by atoms with Crippen molar-refractivity contribution in [1.82, 2.24) is 9.80 Å². The summed E-state index contributed by atoms with van der Waals surface area (Å²) in [4.78, 5) is 15.0. The van der Waals surface area contributed by atoms with E-state index >= 15 is 0 Å². The van der Waals surface area contributed by atoms with Crippen molar-refractivity contribution in [3.63, 3.8) is 0 Å². The number of alkyl halides is 3. The second-order valence-electron chi connectivity index (χ2n) is 5.21. The van der Waals surface area contributed by atoms with Crippen molar-refractivity contribution < 1.29 is 18.0 Å². The van der Waals surface area contributed by atoms with Crippen LogP contribution in [0, 0.1) is 0 Å². The van der Waals surface area contributed by atoms with Gasteiger partial charge in [0.05, 0.1) is 0 Å². The second kappa shape index (κ2) is 5.05. The molecule has 1 heterocycles. The summed E-state index contributed by atoms with van der Waals surface area (Å²) in [6.07, 6.45) is -3.15. The molecule has 1 aliphatic rings. The predicted octanol–water partition coefficient (Wildman–Crippen LogP) is 0.819. The van der Waals surface area contributed by atoms with Crippen molar-refractivity contribution in [2.24, 2.45) is 5.73 Å². The number of carbonyl (C=O) groups excluding carboxylic acids is 1. The number of rotatable bonds is 2. The lowest BCUT2D eigenvalue weighted by Gasteiger charge is -2.39. The number of carbonyl (C=O) groups is 1. The van der Waals surface area contributed by atoms with Gasteiger partial charge in [-0.25, -0.2) is 0 Å². The smallest absolute Gasteiger partial charge is 0.339 e. The second-order valence-corrected chi connectivity index (χ2v) is 5.21. The summed E-state index contributed by atoms with van der Waals surface area (Å²) < 4.78 is 38.1. The molecule has 7 heteroatoms. The molecule has 0 spiro atoms. The van der Waals surface area contributed by atoms with E-state index in [0.717, 1.165) is 13.3 Å². The molecule has 0 aliphatic carbocycles. The molecule has 0 aromatic rings. The Morgan fingerprint density at radius 3 is 2.39 bits per heavy atom. The van der Waals surface area contributed by atoms with E-state index in [2.05, 4.69) is 0 Å². The predicted molar refractivity (Wildman–Crippen MR) is 61.9 cm³/mol. The van der Waals surface area contributed by atoms with Crippen LogP contribution in [0.15, 0.2) is 0 Å². The molecule has 0 aromatic heterocycles. The normalized spacial score (nSPS) is 25.1. The number of nitrogens with two attached hydrogens (primary N) is 1. The SMILES string of the molecule is CN(C)C1CCCN(C(=O)C(C)(N)C(F)(F)F)C1. The highest BCUT2D eigenvalue weighted by Gasteiger charge is 2.55. The minimum absolute atomic E-state index is 0.0896. The summed E-state index contributed by atoms with van der Waals surface area (Å²) in [6, 6.07) is 0.0896. The zero-order valence-electron chi connectivity index (χ0n) is 10.9. The Labute approximate surface area is 105 Å². The quantitative estimate of drug-likeness (QED) is 0.806. The Balaban J connectivity index is 2.78. The van der Waals surface area contributed by atoms with Gasteiger partial charge < -0.3 is 15.5 Å².